The summed E-state index contributed by atoms with van der Waals surface area (Å²) in [6.07, 6.45) is 3.40. The zero-order valence-electron chi connectivity index (χ0n) is 9.47. The van der Waals surface area contributed by atoms with Gasteiger partial charge in [0.1, 0.15) is 0 Å². The first-order chi connectivity index (χ1) is 6.18. The van der Waals surface area contributed by atoms with Gasteiger partial charge in [0, 0.05) is 18.3 Å². The lowest BCUT2D eigenvalue weighted by molar-refractivity contribution is 0.270. The molecule has 0 aliphatic carbocycles. The van der Waals surface area contributed by atoms with Crippen LogP contribution in [0.2, 0.25) is 0 Å². The Morgan fingerprint density at radius 1 is 1.31 bits per heavy atom. The number of thioether (sulfide) groups is 1. The number of hydrogen-bond donors (Lipinski definition) is 1. The molecule has 0 saturated heterocycles. The topological polar surface area (TPSA) is 15.3 Å². The van der Waals surface area contributed by atoms with Crippen LogP contribution < -0.4 is 5.32 Å². The monoisotopic (exact) mass is 204 g/mol. The molecule has 0 aliphatic heterocycles. The molecular formula is C10H24N2S. The van der Waals surface area contributed by atoms with Gasteiger partial charge in [-0.1, -0.05) is 0 Å². The Kier molecular flexibility index (Phi) is 9.03. The molecule has 3 heteroatoms. The summed E-state index contributed by atoms with van der Waals surface area (Å²) in [7, 11) is 2.19. The predicted molar refractivity (Wildman–Crippen MR) is 63.6 cm³/mol. The van der Waals surface area contributed by atoms with E-state index in [1.807, 2.05) is 11.8 Å². The molecule has 0 atom stereocenters. The van der Waals surface area contributed by atoms with Crippen LogP contribution in [0.5, 0.6) is 0 Å². The molecule has 0 aliphatic rings. The molecule has 80 valence electrons. The number of hydrogen-bond acceptors (Lipinski definition) is 3. The van der Waals surface area contributed by atoms with Gasteiger partial charge in [-0.3, -0.25) is 0 Å². The van der Waals surface area contributed by atoms with Crippen molar-refractivity contribution in [2.45, 2.75) is 26.3 Å². The summed E-state index contributed by atoms with van der Waals surface area (Å²) in [6, 6.07) is 0.672. The van der Waals surface area contributed by atoms with Crippen LogP contribution >= 0.6 is 11.8 Å². The molecule has 0 bridgehead atoms. The van der Waals surface area contributed by atoms with Gasteiger partial charge in [0.15, 0.2) is 0 Å². The average molecular weight is 204 g/mol. The van der Waals surface area contributed by atoms with E-state index in [0.29, 0.717) is 6.04 Å². The Labute approximate surface area is 87.5 Å². The molecule has 0 aromatic rings. The molecular weight excluding hydrogens is 180 g/mol. The van der Waals surface area contributed by atoms with Crippen molar-refractivity contribution in [3.8, 4) is 0 Å². The normalized spacial score (nSPS) is 11.5. The van der Waals surface area contributed by atoms with Gasteiger partial charge in [-0.25, -0.2) is 0 Å². The van der Waals surface area contributed by atoms with E-state index in [1.54, 1.807) is 0 Å². The van der Waals surface area contributed by atoms with Gasteiger partial charge in [-0.2, -0.15) is 11.8 Å². The van der Waals surface area contributed by atoms with E-state index in [0.717, 1.165) is 13.1 Å². The van der Waals surface area contributed by atoms with E-state index in [9.17, 15) is 0 Å². The van der Waals surface area contributed by atoms with Crippen LogP contribution in [-0.4, -0.2) is 49.6 Å². The second-order valence-corrected chi connectivity index (χ2v) is 4.66. The quantitative estimate of drug-likeness (QED) is 0.606. The fourth-order valence-electron chi connectivity index (χ4n) is 1.01. The Morgan fingerprint density at radius 3 is 2.54 bits per heavy atom. The van der Waals surface area contributed by atoms with Gasteiger partial charge in [0.05, 0.1) is 0 Å². The van der Waals surface area contributed by atoms with Crippen LogP contribution in [-0.2, 0) is 0 Å². The molecule has 0 unspecified atom stereocenters. The second-order valence-electron chi connectivity index (χ2n) is 3.67. The average Bonchev–Trinajstić information content (AvgIpc) is 2.10. The van der Waals surface area contributed by atoms with Crippen molar-refractivity contribution in [2.75, 3.05) is 38.7 Å². The number of rotatable bonds is 8. The SMILES string of the molecule is CSCCNCCCN(C)C(C)C. The highest BCUT2D eigenvalue weighted by atomic mass is 32.2. The maximum atomic E-state index is 3.43. The lowest BCUT2D eigenvalue weighted by Gasteiger charge is -2.20. The summed E-state index contributed by atoms with van der Waals surface area (Å²) in [5.74, 6) is 1.22. The van der Waals surface area contributed by atoms with Crippen LogP contribution in [0, 0.1) is 0 Å². The lowest BCUT2D eigenvalue weighted by atomic mass is 10.3. The van der Waals surface area contributed by atoms with Gasteiger partial charge in [-0.05, 0) is 46.7 Å². The predicted octanol–water partition coefficient (Wildman–Crippen LogP) is 1.67. The van der Waals surface area contributed by atoms with Crippen molar-refractivity contribution in [2.24, 2.45) is 0 Å². The number of nitrogens with one attached hydrogen (secondary N) is 1. The Morgan fingerprint density at radius 2 is 2.00 bits per heavy atom. The van der Waals surface area contributed by atoms with E-state index in [1.165, 1.54) is 18.7 Å². The van der Waals surface area contributed by atoms with Crippen molar-refractivity contribution >= 4 is 11.8 Å². The van der Waals surface area contributed by atoms with Gasteiger partial charge >= 0.3 is 0 Å². The molecule has 13 heavy (non-hydrogen) atoms. The van der Waals surface area contributed by atoms with Crippen LogP contribution in [0.1, 0.15) is 20.3 Å². The summed E-state index contributed by atoms with van der Waals surface area (Å²) in [5, 5.41) is 3.43. The summed E-state index contributed by atoms with van der Waals surface area (Å²) in [5.41, 5.74) is 0. The molecule has 0 heterocycles. The first-order valence-electron chi connectivity index (χ1n) is 5.08. The molecule has 2 nitrogen and oxygen atoms in total. The first kappa shape index (κ1) is 13.3. The van der Waals surface area contributed by atoms with E-state index in [2.05, 4.69) is 37.4 Å². The van der Waals surface area contributed by atoms with Gasteiger partial charge in [0.25, 0.3) is 0 Å². The lowest BCUT2D eigenvalue weighted by Crippen LogP contribution is -2.30. The van der Waals surface area contributed by atoms with Crippen molar-refractivity contribution in [3.63, 3.8) is 0 Å². The van der Waals surface area contributed by atoms with Crippen molar-refractivity contribution < 1.29 is 0 Å². The molecule has 0 radical (unpaired) electrons. The van der Waals surface area contributed by atoms with Crippen LogP contribution in [0.15, 0.2) is 0 Å². The summed E-state index contributed by atoms with van der Waals surface area (Å²) in [6.45, 7) is 7.97. The molecule has 0 amide bonds. The highest BCUT2D eigenvalue weighted by Gasteiger charge is 2.00. The van der Waals surface area contributed by atoms with Crippen molar-refractivity contribution in [1.82, 2.24) is 10.2 Å². The minimum absolute atomic E-state index is 0.672. The zero-order chi connectivity index (χ0) is 10.1. The zero-order valence-corrected chi connectivity index (χ0v) is 10.3. The molecule has 0 fully saturated rings. The third-order valence-electron chi connectivity index (χ3n) is 2.23. The molecule has 1 N–H and O–H groups in total. The van der Waals surface area contributed by atoms with Gasteiger partial charge in [-0.15, -0.1) is 0 Å². The standard InChI is InChI=1S/C10H24N2S/c1-10(2)12(3)8-5-6-11-7-9-13-4/h10-11H,5-9H2,1-4H3. The third kappa shape index (κ3) is 8.60. The van der Waals surface area contributed by atoms with Gasteiger partial charge < -0.3 is 10.2 Å². The summed E-state index contributed by atoms with van der Waals surface area (Å²) >= 11 is 1.90. The van der Waals surface area contributed by atoms with Crippen LogP contribution in [0.3, 0.4) is 0 Å². The summed E-state index contributed by atoms with van der Waals surface area (Å²) in [4.78, 5) is 2.39. The Bertz CT molecular complexity index is 107. The molecule has 0 saturated carbocycles. The van der Waals surface area contributed by atoms with E-state index >= 15 is 0 Å². The smallest absolute Gasteiger partial charge is 0.00553 e. The Hall–Kier alpha value is 0.270. The fourth-order valence-corrected chi connectivity index (χ4v) is 1.36. The largest absolute Gasteiger partial charge is 0.316 e. The Balaban J connectivity index is 3.07. The maximum absolute atomic E-state index is 3.43. The molecule has 0 spiro atoms. The van der Waals surface area contributed by atoms with E-state index in [-0.39, 0.29) is 0 Å². The van der Waals surface area contributed by atoms with Crippen LogP contribution in [0.25, 0.3) is 0 Å². The van der Waals surface area contributed by atoms with E-state index in [4.69, 9.17) is 0 Å². The highest BCUT2D eigenvalue weighted by molar-refractivity contribution is 7.98. The molecule has 0 aromatic carbocycles. The van der Waals surface area contributed by atoms with Gasteiger partial charge in [0.2, 0.25) is 0 Å². The van der Waals surface area contributed by atoms with E-state index < -0.39 is 0 Å². The number of nitrogens with zero attached hydrogens (tertiary/aromatic N) is 1. The fraction of sp³-hybridized carbons (Fsp3) is 1.00. The molecule has 0 rings (SSSR count). The van der Waals surface area contributed by atoms with Crippen molar-refractivity contribution in [1.29, 1.82) is 0 Å². The van der Waals surface area contributed by atoms with Crippen molar-refractivity contribution in [3.05, 3.63) is 0 Å². The summed E-state index contributed by atoms with van der Waals surface area (Å²) < 4.78 is 0. The third-order valence-corrected chi connectivity index (χ3v) is 2.84. The minimum Gasteiger partial charge on any atom is -0.316 e. The maximum Gasteiger partial charge on any atom is 0.00553 e. The molecule has 0 aromatic heterocycles. The second kappa shape index (κ2) is 8.85. The highest BCUT2D eigenvalue weighted by Crippen LogP contribution is 1.94. The minimum atomic E-state index is 0.672. The first-order valence-corrected chi connectivity index (χ1v) is 6.47. The van der Waals surface area contributed by atoms with Crippen LogP contribution in [0.4, 0.5) is 0 Å².